The van der Waals surface area contributed by atoms with Crippen LogP contribution in [0.15, 0.2) is 35.3 Å². The smallest absolute Gasteiger partial charge is 0.261 e. The second kappa shape index (κ2) is 7.81. The average Bonchev–Trinajstić information content (AvgIpc) is 3.03. The van der Waals surface area contributed by atoms with Crippen LogP contribution >= 0.6 is 0 Å². The fraction of sp³-hybridized carbons (Fsp3) is 0.440. The van der Waals surface area contributed by atoms with E-state index in [2.05, 4.69) is 45.0 Å². The molecular weight excluding hydrogens is 421 g/mol. The number of aromatic nitrogens is 3. The van der Waals surface area contributed by atoms with Crippen molar-refractivity contribution >= 4 is 40.7 Å². The van der Waals surface area contributed by atoms with Gasteiger partial charge in [0.2, 0.25) is 0 Å². The van der Waals surface area contributed by atoms with Gasteiger partial charge in [-0.25, -0.2) is 9.37 Å². The van der Waals surface area contributed by atoms with Gasteiger partial charge in [-0.15, -0.1) is 0 Å². The lowest BCUT2D eigenvalue weighted by molar-refractivity contribution is 0.0851. The maximum Gasteiger partial charge on any atom is 0.261 e. The predicted molar refractivity (Wildman–Crippen MR) is 133 cm³/mol. The van der Waals surface area contributed by atoms with Gasteiger partial charge in [0.1, 0.15) is 18.4 Å². The lowest BCUT2D eigenvalue weighted by atomic mass is 9.96. The first-order valence-electron chi connectivity index (χ1n) is 11.1. The van der Waals surface area contributed by atoms with Crippen molar-refractivity contribution in [1.29, 1.82) is 0 Å². The Bertz CT molecular complexity index is 1390. The molecule has 0 N–H and O–H groups in total. The van der Waals surface area contributed by atoms with Crippen LogP contribution in [0.4, 0.5) is 4.39 Å². The molecule has 0 amide bonds. The first kappa shape index (κ1) is 22.7. The third kappa shape index (κ3) is 3.99. The summed E-state index contributed by atoms with van der Waals surface area (Å²) < 4.78 is 23.7. The number of halogens is 1. The quantitative estimate of drug-likeness (QED) is 0.218. The normalized spacial score (nSPS) is 13.0. The third-order valence-electron chi connectivity index (χ3n) is 5.92. The molecule has 2 aromatic carbocycles. The molecule has 32 heavy (non-hydrogen) atoms. The van der Waals surface area contributed by atoms with E-state index in [1.54, 1.807) is 16.8 Å². The van der Waals surface area contributed by atoms with Gasteiger partial charge in [0.15, 0.2) is 0 Å². The second-order valence-corrected chi connectivity index (χ2v) is 16.5. The Labute approximate surface area is 188 Å². The van der Waals surface area contributed by atoms with Gasteiger partial charge in [-0.2, -0.15) is 0 Å². The Hall–Kier alpha value is -2.51. The number of hydrogen-bond acceptors (Lipinski definition) is 3. The van der Waals surface area contributed by atoms with E-state index < -0.39 is 8.07 Å². The highest BCUT2D eigenvalue weighted by Crippen LogP contribution is 2.36. The Morgan fingerprint density at radius 3 is 2.47 bits per heavy atom. The number of aryl methyl sites for hydroxylation is 1. The van der Waals surface area contributed by atoms with Crippen LogP contribution in [-0.2, 0) is 23.9 Å². The highest BCUT2D eigenvalue weighted by Gasteiger charge is 2.25. The van der Waals surface area contributed by atoms with E-state index in [9.17, 15) is 9.18 Å². The Kier molecular flexibility index (Phi) is 5.54. The summed E-state index contributed by atoms with van der Waals surface area (Å²) in [5.74, 6) is 0.552. The minimum absolute atomic E-state index is 0.175. The largest absolute Gasteiger partial charge is 0.361 e. The van der Waals surface area contributed by atoms with Crippen LogP contribution in [0.25, 0.3) is 32.6 Å². The number of pyridine rings is 1. The zero-order valence-corrected chi connectivity index (χ0v) is 21.0. The van der Waals surface area contributed by atoms with Crippen LogP contribution in [0.1, 0.15) is 26.6 Å². The van der Waals surface area contributed by atoms with Crippen molar-refractivity contribution in [1.82, 2.24) is 14.1 Å². The number of rotatable bonds is 5. The van der Waals surface area contributed by atoms with Gasteiger partial charge in [-0.3, -0.25) is 9.36 Å². The average molecular weight is 454 g/mol. The SMILES string of the molecule is Cn1c(C(C)(C)C)nc2c3ccc(F)cc3c3c(=O)n(COCC[Si](C)(C)C)ccc3c21. The lowest BCUT2D eigenvalue weighted by Crippen LogP contribution is -2.24. The molecule has 4 rings (SSSR count). The van der Waals surface area contributed by atoms with Gasteiger partial charge in [0, 0.05) is 49.5 Å². The molecule has 0 saturated heterocycles. The van der Waals surface area contributed by atoms with Crippen molar-refractivity contribution in [3.63, 3.8) is 0 Å². The van der Waals surface area contributed by atoms with Gasteiger partial charge < -0.3 is 9.30 Å². The predicted octanol–water partition coefficient (Wildman–Crippen LogP) is 5.79. The first-order valence-corrected chi connectivity index (χ1v) is 14.8. The van der Waals surface area contributed by atoms with Crippen LogP contribution in [0.3, 0.4) is 0 Å². The molecule has 4 aromatic rings. The van der Waals surface area contributed by atoms with E-state index in [1.165, 1.54) is 12.1 Å². The lowest BCUT2D eigenvalue weighted by Gasteiger charge is -2.18. The van der Waals surface area contributed by atoms with E-state index in [-0.39, 0.29) is 23.5 Å². The van der Waals surface area contributed by atoms with Crippen LogP contribution < -0.4 is 5.56 Å². The van der Waals surface area contributed by atoms with Gasteiger partial charge in [0.05, 0.1) is 16.4 Å². The molecule has 0 aliphatic carbocycles. The molecule has 5 nitrogen and oxygen atoms in total. The van der Waals surface area contributed by atoms with Gasteiger partial charge in [-0.1, -0.05) is 40.4 Å². The van der Waals surface area contributed by atoms with Crippen LogP contribution in [0, 0.1) is 5.82 Å². The molecule has 0 atom stereocenters. The Morgan fingerprint density at radius 2 is 1.81 bits per heavy atom. The molecule has 170 valence electrons. The standard InChI is InChI=1S/C25H32FN3O2Si/c1-25(2,3)24-27-21-17-9-8-16(26)14-19(17)20-18(22(21)28(24)4)10-11-29(23(20)30)15-31-12-13-32(5,6)7/h8-11,14H,12-13,15H2,1-7H3. The fourth-order valence-electron chi connectivity index (χ4n) is 4.27. The van der Waals surface area contributed by atoms with Gasteiger partial charge in [-0.05, 0) is 30.3 Å². The van der Waals surface area contributed by atoms with Crippen LogP contribution in [0.2, 0.25) is 25.7 Å². The molecule has 0 aliphatic rings. The van der Waals surface area contributed by atoms with Gasteiger partial charge in [0.25, 0.3) is 5.56 Å². The fourth-order valence-corrected chi connectivity index (χ4v) is 5.03. The summed E-state index contributed by atoms with van der Waals surface area (Å²) in [5, 5.41) is 2.67. The highest BCUT2D eigenvalue weighted by molar-refractivity contribution is 6.76. The zero-order valence-electron chi connectivity index (χ0n) is 20.0. The Balaban J connectivity index is 1.96. The summed E-state index contributed by atoms with van der Waals surface area (Å²) in [6.07, 6.45) is 1.77. The summed E-state index contributed by atoms with van der Waals surface area (Å²) in [5.41, 5.74) is 1.34. The molecule has 2 aromatic heterocycles. The molecule has 0 fully saturated rings. The summed E-state index contributed by atoms with van der Waals surface area (Å²) in [6, 6.07) is 7.57. The van der Waals surface area contributed by atoms with E-state index in [0.717, 1.165) is 33.7 Å². The monoisotopic (exact) mass is 453 g/mol. The van der Waals surface area contributed by atoms with Crippen molar-refractivity contribution in [2.45, 2.75) is 58.6 Å². The number of ether oxygens (including phenoxy) is 1. The topological polar surface area (TPSA) is 49.0 Å². The van der Waals surface area contributed by atoms with Crippen molar-refractivity contribution < 1.29 is 9.13 Å². The molecule has 2 heterocycles. The molecule has 0 bridgehead atoms. The minimum Gasteiger partial charge on any atom is -0.361 e. The number of imidazole rings is 1. The molecule has 0 saturated carbocycles. The summed E-state index contributed by atoms with van der Waals surface area (Å²) in [4.78, 5) is 18.5. The number of fused-ring (bicyclic) bond motifs is 6. The maximum absolute atomic E-state index is 14.3. The maximum atomic E-state index is 14.3. The highest BCUT2D eigenvalue weighted by atomic mass is 28.3. The van der Waals surface area contributed by atoms with Crippen molar-refractivity contribution in [3.8, 4) is 0 Å². The molecule has 0 aliphatic heterocycles. The van der Waals surface area contributed by atoms with Gasteiger partial charge >= 0.3 is 0 Å². The molecular formula is C25H32FN3O2Si. The molecule has 0 radical (unpaired) electrons. The van der Waals surface area contributed by atoms with Crippen molar-refractivity contribution in [2.24, 2.45) is 7.05 Å². The minimum atomic E-state index is -1.21. The number of nitrogens with zero attached hydrogens (tertiary/aromatic N) is 3. The van der Waals surface area contributed by atoms with Crippen molar-refractivity contribution in [2.75, 3.05) is 6.61 Å². The van der Waals surface area contributed by atoms with E-state index in [0.29, 0.717) is 17.4 Å². The summed E-state index contributed by atoms with van der Waals surface area (Å²) in [7, 11) is 0.773. The molecule has 0 spiro atoms. The number of benzene rings is 2. The number of hydrogen-bond donors (Lipinski definition) is 0. The van der Waals surface area contributed by atoms with Crippen LogP contribution in [0.5, 0.6) is 0 Å². The Morgan fingerprint density at radius 1 is 1.09 bits per heavy atom. The van der Waals surface area contributed by atoms with Crippen LogP contribution in [-0.4, -0.2) is 28.8 Å². The molecule has 7 heteroatoms. The zero-order chi connectivity index (χ0) is 23.4. The van der Waals surface area contributed by atoms with E-state index in [4.69, 9.17) is 9.72 Å². The summed E-state index contributed by atoms with van der Waals surface area (Å²) >= 11 is 0. The second-order valence-electron chi connectivity index (χ2n) is 10.9. The summed E-state index contributed by atoms with van der Waals surface area (Å²) in [6.45, 7) is 14.0. The van der Waals surface area contributed by atoms with Crippen molar-refractivity contribution in [3.05, 3.63) is 52.5 Å². The third-order valence-corrected chi connectivity index (χ3v) is 7.62. The van der Waals surface area contributed by atoms with E-state index >= 15 is 0 Å². The first-order chi connectivity index (χ1) is 14.9. The van der Waals surface area contributed by atoms with E-state index in [1.807, 2.05) is 13.1 Å². The molecule has 0 unspecified atom stereocenters.